The Morgan fingerprint density at radius 3 is 2.47 bits per heavy atom. The van der Waals surface area contributed by atoms with Crippen LogP contribution < -0.4 is 10.1 Å². The van der Waals surface area contributed by atoms with Crippen molar-refractivity contribution in [3.8, 4) is 5.75 Å². The van der Waals surface area contributed by atoms with E-state index in [1.54, 1.807) is 7.11 Å². The summed E-state index contributed by atoms with van der Waals surface area (Å²) in [6.07, 6.45) is 1.78. The molecule has 1 amide bonds. The summed E-state index contributed by atoms with van der Waals surface area (Å²) in [5.41, 5.74) is 6.26. The molecule has 0 bridgehead atoms. The molecule has 0 radical (unpaired) electrons. The minimum absolute atomic E-state index is 0.0743. The molecule has 0 unspecified atom stereocenters. The maximum absolute atomic E-state index is 12.8. The number of benzene rings is 3. The number of methoxy groups -OCH3 is 1. The molecule has 1 N–H and O–H groups in total. The first-order valence-electron chi connectivity index (χ1n) is 12.8. The Kier molecular flexibility index (Phi) is 7.38. The number of amides is 1. The lowest BCUT2D eigenvalue weighted by Crippen LogP contribution is -2.40. The number of ether oxygens (including phenoxy) is 1. The normalized spacial score (nSPS) is 14.7. The zero-order valence-electron chi connectivity index (χ0n) is 21.2. The smallest absolute Gasteiger partial charge is 0.223 e. The highest BCUT2D eigenvalue weighted by atomic mass is 16.5. The SMILES string of the molecule is COc1cccc(CNC(=O)C2CCN(Cc3cc4ccccc4n3Cc3ccc(C)cc3)CC2)c1. The first kappa shape index (κ1) is 24.1. The molecule has 0 saturated carbocycles. The van der Waals surface area contributed by atoms with Crippen LogP contribution in [0.3, 0.4) is 0 Å². The van der Waals surface area contributed by atoms with Crippen molar-refractivity contribution in [1.82, 2.24) is 14.8 Å². The summed E-state index contributed by atoms with van der Waals surface area (Å²) < 4.78 is 7.74. The number of para-hydroxylation sites is 1. The maximum Gasteiger partial charge on any atom is 0.223 e. The molecular weight excluding hydrogens is 446 g/mol. The number of hydrogen-bond donors (Lipinski definition) is 1. The topological polar surface area (TPSA) is 46.5 Å². The second-order valence-corrected chi connectivity index (χ2v) is 9.89. The summed E-state index contributed by atoms with van der Waals surface area (Å²) in [6.45, 7) is 6.30. The Hall–Kier alpha value is -3.57. The van der Waals surface area contributed by atoms with Gasteiger partial charge in [0.05, 0.1) is 7.11 Å². The number of rotatable bonds is 8. The van der Waals surface area contributed by atoms with Crippen molar-refractivity contribution in [3.05, 3.63) is 101 Å². The van der Waals surface area contributed by atoms with E-state index in [-0.39, 0.29) is 11.8 Å². The number of aryl methyl sites for hydroxylation is 1. The molecule has 0 spiro atoms. The lowest BCUT2D eigenvalue weighted by Gasteiger charge is -2.31. The van der Waals surface area contributed by atoms with Crippen molar-refractivity contribution >= 4 is 16.8 Å². The summed E-state index contributed by atoms with van der Waals surface area (Å²) in [5, 5.41) is 4.41. The highest BCUT2D eigenvalue weighted by Crippen LogP contribution is 2.25. The van der Waals surface area contributed by atoms with Gasteiger partial charge in [0.15, 0.2) is 0 Å². The van der Waals surface area contributed by atoms with Crippen LogP contribution in [0.5, 0.6) is 5.75 Å². The quantitative estimate of drug-likeness (QED) is 0.360. The summed E-state index contributed by atoms with van der Waals surface area (Å²) >= 11 is 0. The molecule has 0 aliphatic carbocycles. The first-order chi connectivity index (χ1) is 17.6. The van der Waals surface area contributed by atoms with Crippen LogP contribution in [-0.2, 0) is 24.4 Å². The van der Waals surface area contributed by atoms with Gasteiger partial charge in [0.2, 0.25) is 5.91 Å². The van der Waals surface area contributed by atoms with Crippen molar-refractivity contribution in [2.45, 2.75) is 39.4 Å². The molecule has 1 saturated heterocycles. The third-order valence-corrected chi connectivity index (χ3v) is 7.30. The Balaban J connectivity index is 1.20. The fourth-order valence-corrected chi connectivity index (χ4v) is 5.16. The first-order valence-corrected chi connectivity index (χ1v) is 12.8. The molecule has 5 rings (SSSR count). The molecule has 36 heavy (non-hydrogen) atoms. The highest BCUT2D eigenvalue weighted by Gasteiger charge is 2.25. The van der Waals surface area contributed by atoms with Gasteiger partial charge in [0, 0.05) is 36.8 Å². The Morgan fingerprint density at radius 1 is 0.917 bits per heavy atom. The van der Waals surface area contributed by atoms with E-state index in [9.17, 15) is 4.79 Å². The van der Waals surface area contributed by atoms with Crippen molar-refractivity contribution in [1.29, 1.82) is 0 Å². The molecule has 2 heterocycles. The average Bonchev–Trinajstić information content (AvgIpc) is 3.25. The van der Waals surface area contributed by atoms with Gasteiger partial charge in [-0.25, -0.2) is 0 Å². The van der Waals surface area contributed by atoms with Gasteiger partial charge in [-0.2, -0.15) is 0 Å². The second kappa shape index (κ2) is 11.0. The number of nitrogens with one attached hydrogen (secondary N) is 1. The van der Waals surface area contributed by atoms with Crippen LogP contribution in [0, 0.1) is 12.8 Å². The van der Waals surface area contributed by atoms with Crippen molar-refractivity contribution in [3.63, 3.8) is 0 Å². The molecule has 186 valence electrons. The number of aromatic nitrogens is 1. The monoisotopic (exact) mass is 481 g/mol. The van der Waals surface area contributed by atoms with Gasteiger partial charge in [0.1, 0.15) is 5.75 Å². The van der Waals surface area contributed by atoms with E-state index >= 15 is 0 Å². The van der Waals surface area contributed by atoms with E-state index in [2.05, 4.69) is 76.3 Å². The lowest BCUT2D eigenvalue weighted by atomic mass is 9.95. The Morgan fingerprint density at radius 2 is 1.69 bits per heavy atom. The van der Waals surface area contributed by atoms with E-state index in [4.69, 9.17) is 4.74 Å². The second-order valence-electron chi connectivity index (χ2n) is 9.89. The molecule has 1 aromatic heterocycles. The number of carbonyl (C=O) groups excluding carboxylic acids is 1. The lowest BCUT2D eigenvalue weighted by molar-refractivity contribution is -0.126. The van der Waals surface area contributed by atoms with Crippen LogP contribution in [0.15, 0.2) is 78.9 Å². The van der Waals surface area contributed by atoms with Gasteiger partial charge in [-0.15, -0.1) is 0 Å². The molecule has 3 aromatic carbocycles. The van der Waals surface area contributed by atoms with Gasteiger partial charge >= 0.3 is 0 Å². The summed E-state index contributed by atoms with van der Waals surface area (Å²) in [4.78, 5) is 15.3. The Labute approximate surface area is 213 Å². The van der Waals surface area contributed by atoms with Crippen molar-refractivity contribution in [2.75, 3.05) is 20.2 Å². The fourth-order valence-electron chi connectivity index (χ4n) is 5.16. The van der Waals surface area contributed by atoms with E-state index in [1.165, 1.54) is 27.7 Å². The predicted molar refractivity (Wildman–Crippen MR) is 145 cm³/mol. The van der Waals surface area contributed by atoms with E-state index in [0.29, 0.717) is 6.54 Å². The van der Waals surface area contributed by atoms with Gasteiger partial charge in [-0.3, -0.25) is 9.69 Å². The average molecular weight is 482 g/mol. The summed E-state index contributed by atoms with van der Waals surface area (Å²) in [5.74, 6) is 1.05. The molecule has 0 atom stereocenters. The van der Waals surface area contributed by atoms with Crippen LogP contribution in [0.2, 0.25) is 0 Å². The van der Waals surface area contributed by atoms with Crippen molar-refractivity contribution < 1.29 is 9.53 Å². The predicted octanol–water partition coefficient (Wildman–Crippen LogP) is 5.54. The summed E-state index contributed by atoms with van der Waals surface area (Å²) in [6, 6.07) is 27.7. The number of likely N-dealkylation sites (tertiary alicyclic amines) is 1. The minimum Gasteiger partial charge on any atom is -0.497 e. The Bertz CT molecular complexity index is 1320. The zero-order valence-corrected chi connectivity index (χ0v) is 21.2. The molecule has 5 nitrogen and oxygen atoms in total. The van der Waals surface area contributed by atoms with Crippen LogP contribution in [0.25, 0.3) is 10.9 Å². The minimum atomic E-state index is 0.0743. The number of hydrogen-bond acceptors (Lipinski definition) is 3. The van der Waals surface area contributed by atoms with Crippen LogP contribution in [0.1, 0.15) is 35.2 Å². The van der Waals surface area contributed by atoms with E-state index in [0.717, 1.165) is 50.3 Å². The van der Waals surface area contributed by atoms with E-state index in [1.807, 2.05) is 24.3 Å². The standard InChI is InChI=1S/C31H35N3O2/c1-23-10-12-24(13-11-23)21-34-28(19-27-7-3-4-9-30(27)34)22-33-16-14-26(15-17-33)31(35)32-20-25-6-5-8-29(18-25)36-2/h3-13,18-19,26H,14-17,20-22H2,1-2H3,(H,32,35). The number of piperidine rings is 1. The molecule has 5 heteroatoms. The fraction of sp³-hybridized carbons (Fsp3) is 0.323. The van der Waals surface area contributed by atoms with Crippen LogP contribution >= 0.6 is 0 Å². The van der Waals surface area contributed by atoms with Gasteiger partial charge in [-0.05, 0) is 73.6 Å². The largest absolute Gasteiger partial charge is 0.497 e. The van der Waals surface area contributed by atoms with Crippen molar-refractivity contribution in [2.24, 2.45) is 5.92 Å². The maximum atomic E-state index is 12.8. The molecule has 1 aliphatic heterocycles. The van der Waals surface area contributed by atoms with Gasteiger partial charge in [0.25, 0.3) is 0 Å². The van der Waals surface area contributed by atoms with Gasteiger partial charge < -0.3 is 14.6 Å². The number of carbonyl (C=O) groups is 1. The van der Waals surface area contributed by atoms with Crippen LogP contribution in [0.4, 0.5) is 0 Å². The highest BCUT2D eigenvalue weighted by molar-refractivity contribution is 5.81. The molecular formula is C31H35N3O2. The van der Waals surface area contributed by atoms with E-state index < -0.39 is 0 Å². The van der Waals surface area contributed by atoms with Gasteiger partial charge in [-0.1, -0.05) is 60.2 Å². The van der Waals surface area contributed by atoms with Crippen LogP contribution in [-0.4, -0.2) is 35.6 Å². The molecule has 4 aromatic rings. The number of fused-ring (bicyclic) bond motifs is 1. The molecule has 1 fully saturated rings. The molecule has 1 aliphatic rings. The third-order valence-electron chi connectivity index (χ3n) is 7.30. The zero-order chi connectivity index (χ0) is 24.9. The number of nitrogens with zero attached hydrogens (tertiary/aromatic N) is 2. The summed E-state index contributed by atoms with van der Waals surface area (Å²) in [7, 11) is 1.66. The third kappa shape index (κ3) is 5.63.